The number of aromatic carboxylic acids is 1. The molecule has 4 rings (SSSR count). The predicted molar refractivity (Wildman–Crippen MR) is 99.6 cm³/mol. The van der Waals surface area contributed by atoms with Crippen LogP contribution in [-0.4, -0.2) is 40.0 Å². The summed E-state index contributed by atoms with van der Waals surface area (Å²) in [7, 11) is 0. The second-order valence-corrected chi connectivity index (χ2v) is 6.79. The molecule has 5 heteroatoms. The predicted octanol–water partition coefficient (Wildman–Crippen LogP) is 3.89. The minimum atomic E-state index is -0.958. The Balaban J connectivity index is 1.56. The van der Waals surface area contributed by atoms with E-state index in [-0.39, 0.29) is 17.5 Å². The summed E-state index contributed by atoms with van der Waals surface area (Å²) in [6.07, 6.45) is 2.00. The largest absolute Gasteiger partial charge is 0.477 e. The lowest BCUT2D eigenvalue weighted by Gasteiger charge is -2.33. The van der Waals surface area contributed by atoms with Crippen LogP contribution in [0.15, 0.2) is 54.6 Å². The molecular formula is C21H20N2O3. The lowest BCUT2D eigenvalue weighted by Crippen LogP contribution is -2.39. The van der Waals surface area contributed by atoms with Gasteiger partial charge in [-0.3, -0.25) is 4.79 Å². The molecule has 132 valence electrons. The van der Waals surface area contributed by atoms with Crippen LogP contribution >= 0.6 is 0 Å². The zero-order valence-electron chi connectivity index (χ0n) is 14.3. The number of piperidine rings is 1. The molecule has 1 saturated heterocycles. The summed E-state index contributed by atoms with van der Waals surface area (Å²) < 4.78 is 0. The highest BCUT2D eigenvalue weighted by atomic mass is 16.4. The third-order valence-corrected chi connectivity index (χ3v) is 5.08. The molecule has 1 unspecified atom stereocenters. The first-order chi connectivity index (χ1) is 12.6. The van der Waals surface area contributed by atoms with E-state index in [2.05, 4.69) is 4.98 Å². The molecule has 2 aromatic carbocycles. The molecule has 2 heterocycles. The van der Waals surface area contributed by atoms with Gasteiger partial charge in [-0.05, 0) is 48.7 Å². The fourth-order valence-corrected chi connectivity index (χ4v) is 3.72. The molecule has 1 aliphatic rings. The number of carbonyl (C=O) groups excluding carboxylic acids is 1. The molecule has 0 aliphatic carbocycles. The van der Waals surface area contributed by atoms with Crippen molar-refractivity contribution in [2.45, 2.75) is 18.8 Å². The number of hydrogen-bond acceptors (Lipinski definition) is 2. The molecular weight excluding hydrogens is 328 g/mol. The van der Waals surface area contributed by atoms with Gasteiger partial charge in [0.05, 0.1) is 0 Å². The van der Waals surface area contributed by atoms with Gasteiger partial charge in [0, 0.05) is 35.5 Å². The second-order valence-electron chi connectivity index (χ2n) is 6.79. The fourth-order valence-electron chi connectivity index (χ4n) is 3.72. The molecule has 1 aliphatic heterocycles. The van der Waals surface area contributed by atoms with E-state index < -0.39 is 5.97 Å². The van der Waals surface area contributed by atoms with Gasteiger partial charge in [0.25, 0.3) is 5.91 Å². The summed E-state index contributed by atoms with van der Waals surface area (Å²) in [5, 5.41) is 10.0. The summed E-state index contributed by atoms with van der Waals surface area (Å²) in [5.74, 6) is -0.616. The first kappa shape index (κ1) is 16.4. The number of H-pyrrole nitrogens is 1. The Morgan fingerprint density at radius 2 is 1.88 bits per heavy atom. The Bertz CT molecular complexity index is 962. The van der Waals surface area contributed by atoms with Crippen molar-refractivity contribution in [3.63, 3.8) is 0 Å². The third kappa shape index (κ3) is 3.08. The van der Waals surface area contributed by atoms with E-state index in [4.69, 9.17) is 5.11 Å². The average molecular weight is 348 g/mol. The smallest absolute Gasteiger partial charge is 0.352 e. The maximum Gasteiger partial charge on any atom is 0.352 e. The van der Waals surface area contributed by atoms with Crippen molar-refractivity contribution < 1.29 is 14.7 Å². The highest BCUT2D eigenvalue weighted by Crippen LogP contribution is 2.30. The lowest BCUT2D eigenvalue weighted by molar-refractivity contribution is 0.0687. The number of aromatic amines is 1. The monoisotopic (exact) mass is 348 g/mol. The Kier molecular flexibility index (Phi) is 4.21. The highest BCUT2D eigenvalue weighted by molar-refractivity contribution is 5.95. The first-order valence-electron chi connectivity index (χ1n) is 8.82. The van der Waals surface area contributed by atoms with Gasteiger partial charge in [-0.15, -0.1) is 0 Å². The van der Waals surface area contributed by atoms with Crippen LogP contribution in [0.5, 0.6) is 0 Å². The number of nitrogens with one attached hydrogen (secondary N) is 1. The van der Waals surface area contributed by atoms with Gasteiger partial charge >= 0.3 is 5.97 Å². The van der Waals surface area contributed by atoms with Crippen molar-refractivity contribution >= 4 is 22.8 Å². The quantitative estimate of drug-likeness (QED) is 0.754. The van der Waals surface area contributed by atoms with Gasteiger partial charge in [-0.25, -0.2) is 4.79 Å². The van der Waals surface area contributed by atoms with E-state index >= 15 is 0 Å². The van der Waals surface area contributed by atoms with Gasteiger partial charge < -0.3 is 15.0 Å². The van der Waals surface area contributed by atoms with Crippen LogP contribution in [0.3, 0.4) is 0 Å². The zero-order valence-corrected chi connectivity index (χ0v) is 14.3. The molecule has 1 amide bonds. The van der Waals surface area contributed by atoms with Gasteiger partial charge in [0.1, 0.15) is 5.69 Å². The number of aromatic nitrogens is 1. The number of nitrogens with zero attached hydrogens (tertiary/aromatic N) is 1. The minimum Gasteiger partial charge on any atom is -0.477 e. The number of rotatable bonds is 3. The average Bonchev–Trinajstić information content (AvgIpc) is 3.12. The normalized spacial score (nSPS) is 17.4. The minimum absolute atomic E-state index is 0.0752. The highest BCUT2D eigenvalue weighted by Gasteiger charge is 2.25. The number of fused-ring (bicyclic) bond motifs is 1. The van der Waals surface area contributed by atoms with Crippen molar-refractivity contribution in [3.8, 4) is 0 Å². The maximum atomic E-state index is 12.7. The van der Waals surface area contributed by atoms with Crippen molar-refractivity contribution in [2.24, 2.45) is 0 Å². The van der Waals surface area contributed by atoms with Gasteiger partial charge in [0.2, 0.25) is 0 Å². The summed E-state index contributed by atoms with van der Waals surface area (Å²) >= 11 is 0. The van der Waals surface area contributed by atoms with E-state index in [1.807, 2.05) is 53.4 Å². The number of hydrogen-bond donors (Lipinski definition) is 2. The van der Waals surface area contributed by atoms with E-state index in [1.165, 1.54) is 0 Å². The standard InChI is InChI=1S/C21H20N2O3/c24-20(14-5-2-1-3-6-14)23-10-4-7-16(13-23)15-8-9-18-17(11-15)12-19(22-18)21(25)26/h1-3,5-6,8-9,11-12,16,22H,4,7,10,13H2,(H,25,26). The zero-order chi connectivity index (χ0) is 18.1. The number of likely N-dealkylation sites (tertiary alicyclic amines) is 1. The van der Waals surface area contributed by atoms with Crippen LogP contribution in [0.25, 0.3) is 10.9 Å². The van der Waals surface area contributed by atoms with Crippen molar-refractivity contribution in [1.82, 2.24) is 9.88 Å². The molecule has 3 aromatic rings. The Morgan fingerprint density at radius 3 is 2.65 bits per heavy atom. The van der Waals surface area contributed by atoms with E-state index in [1.54, 1.807) is 6.07 Å². The molecule has 0 bridgehead atoms. The van der Waals surface area contributed by atoms with Crippen LogP contribution in [0.2, 0.25) is 0 Å². The number of amides is 1. The molecule has 26 heavy (non-hydrogen) atoms. The molecule has 5 nitrogen and oxygen atoms in total. The molecule has 0 saturated carbocycles. The SMILES string of the molecule is O=C(O)c1cc2cc(C3CCCN(C(=O)c4ccccc4)C3)ccc2[nH]1. The first-order valence-corrected chi connectivity index (χ1v) is 8.82. The Hall–Kier alpha value is -3.08. The van der Waals surface area contributed by atoms with Crippen molar-refractivity contribution in [1.29, 1.82) is 0 Å². The third-order valence-electron chi connectivity index (χ3n) is 5.08. The van der Waals surface area contributed by atoms with Crippen molar-refractivity contribution in [2.75, 3.05) is 13.1 Å². The molecule has 1 atom stereocenters. The summed E-state index contributed by atoms with van der Waals surface area (Å²) in [6, 6.07) is 17.0. The summed E-state index contributed by atoms with van der Waals surface area (Å²) in [6.45, 7) is 1.47. The molecule has 0 radical (unpaired) electrons. The van der Waals surface area contributed by atoms with Gasteiger partial charge in [-0.2, -0.15) is 0 Å². The van der Waals surface area contributed by atoms with E-state index in [9.17, 15) is 9.59 Å². The fraction of sp³-hybridized carbons (Fsp3) is 0.238. The summed E-state index contributed by atoms with van der Waals surface area (Å²) in [4.78, 5) is 28.7. The van der Waals surface area contributed by atoms with Crippen LogP contribution < -0.4 is 0 Å². The second kappa shape index (κ2) is 6.67. The van der Waals surface area contributed by atoms with Crippen LogP contribution in [0, 0.1) is 0 Å². The van der Waals surface area contributed by atoms with E-state index in [0.717, 1.165) is 41.4 Å². The Morgan fingerprint density at radius 1 is 1.08 bits per heavy atom. The molecule has 0 spiro atoms. The lowest BCUT2D eigenvalue weighted by atomic mass is 9.89. The number of carboxylic acid groups (broad SMARTS) is 1. The van der Waals surface area contributed by atoms with Crippen LogP contribution in [0.1, 0.15) is 45.2 Å². The van der Waals surface area contributed by atoms with Crippen LogP contribution in [0.4, 0.5) is 0 Å². The number of benzene rings is 2. The van der Waals surface area contributed by atoms with Crippen LogP contribution in [-0.2, 0) is 0 Å². The van der Waals surface area contributed by atoms with Gasteiger partial charge in [-0.1, -0.05) is 24.3 Å². The molecule has 1 fully saturated rings. The topological polar surface area (TPSA) is 73.4 Å². The maximum absolute atomic E-state index is 12.7. The van der Waals surface area contributed by atoms with Crippen molar-refractivity contribution in [3.05, 3.63) is 71.4 Å². The van der Waals surface area contributed by atoms with E-state index in [0.29, 0.717) is 6.54 Å². The summed E-state index contributed by atoms with van der Waals surface area (Å²) in [5.41, 5.74) is 2.89. The van der Waals surface area contributed by atoms with Gasteiger partial charge in [0.15, 0.2) is 0 Å². The number of carboxylic acids is 1. The Labute approximate surface area is 151 Å². The number of carbonyl (C=O) groups is 2. The molecule has 1 aromatic heterocycles. The molecule has 2 N–H and O–H groups in total.